The maximum absolute atomic E-state index is 12.4. The summed E-state index contributed by atoms with van der Waals surface area (Å²) in [5.41, 5.74) is 2.18. The van der Waals surface area contributed by atoms with Crippen LogP contribution >= 0.6 is 0 Å². The summed E-state index contributed by atoms with van der Waals surface area (Å²) in [5, 5.41) is 9.02. The van der Waals surface area contributed by atoms with Crippen molar-refractivity contribution in [2.75, 3.05) is 13.1 Å². The van der Waals surface area contributed by atoms with Gasteiger partial charge in [0, 0.05) is 24.8 Å². The van der Waals surface area contributed by atoms with Crippen molar-refractivity contribution in [3.63, 3.8) is 0 Å². The van der Waals surface area contributed by atoms with Crippen molar-refractivity contribution in [3.8, 4) is 11.1 Å². The smallest absolute Gasteiger partial charge is 0.354 e. The Morgan fingerprint density at radius 1 is 1.05 bits per heavy atom. The molecule has 1 amide bonds. The first-order chi connectivity index (χ1) is 10.6. The first kappa shape index (κ1) is 14.3. The van der Waals surface area contributed by atoms with E-state index in [4.69, 9.17) is 5.11 Å². The Hall–Kier alpha value is -2.69. The van der Waals surface area contributed by atoms with Gasteiger partial charge in [-0.25, -0.2) is 9.78 Å². The van der Waals surface area contributed by atoms with Gasteiger partial charge in [0.2, 0.25) is 0 Å². The Bertz CT molecular complexity index is 721. The van der Waals surface area contributed by atoms with E-state index in [0.29, 0.717) is 5.56 Å². The molecule has 0 atom stereocenters. The normalized spacial score (nSPS) is 14.1. The van der Waals surface area contributed by atoms with E-state index in [1.807, 2.05) is 23.1 Å². The molecule has 1 aliphatic heterocycles. The summed E-state index contributed by atoms with van der Waals surface area (Å²) in [6, 6.07) is 10.5. The topological polar surface area (TPSA) is 70.5 Å². The molecule has 5 heteroatoms. The molecule has 1 aliphatic rings. The van der Waals surface area contributed by atoms with Crippen molar-refractivity contribution in [3.05, 3.63) is 53.9 Å². The van der Waals surface area contributed by atoms with Crippen LogP contribution in [-0.2, 0) is 0 Å². The summed E-state index contributed by atoms with van der Waals surface area (Å²) in [6.45, 7) is 1.61. The van der Waals surface area contributed by atoms with Crippen LogP contribution in [-0.4, -0.2) is 40.0 Å². The number of amides is 1. The van der Waals surface area contributed by atoms with Crippen LogP contribution in [0, 0.1) is 0 Å². The predicted octanol–water partition coefficient (Wildman–Crippen LogP) is 2.68. The fraction of sp³-hybridized carbons (Fsp3) is 0.235. The number of likely N-dealkylation sites (tertiary alicyclic amines) is 1. The number of hydrogen-bond acceptors (Lipinski definition) is 3. The van der Waals surface area contributed by atoms with Gasteiger partial charge in [-0.05, 0) is 48.2 Å². The van der Waals surface area contributed by atoms with Crippen molar-refractivity contribution in [1.82, 2.24) is 9.88 Å². The second kappa shape index (κ2) is 5.97. The standard InChI is InChI=1S/C17H16N2O3/c20-16(19-8-1-2-9-19)14-5-3-4-12(10-14)13-6-7-18-15(11-13)17(21)22/h3-7,10-11H,1-2,8-9H2,(H,21,22). The number of carbonyl (C=O) groups excluding carboxylic acids is 1. The van der Waals surface area contributed by atoms with E-state index in [1.165, 1.54) is 12.3 Å². The van der Waals surface area contributed by atoms with Crippen LogP contribution in [0.3, 0.4) is 0 Å². The fourth-order valence-electron chi connectivity index (χ4n) is 2.66. The third-order valence-electron chi connectivity index (χ3n) is 3.82. The molecular formula is C17H16N2O3. The van der Waals surface area contributed by atoms with Crippen LogP contribution in [0.5, 0.6) is 0 Å². The number of aromatic carboxylic acids is 1. The van der Waals surface area contributed by atoms with E-state index < -0.39 is 5.97 Å². The zero-order valence-electron chi connectivity index (χ0n) is 12.0. The van der Waals surface area contributed by atoms with Crippen molar-refractivity contribution < 1.29 is 14.7 Å². The summed E-state index contributed by atoms with van der Waals surface area (Å²) < 4.78 is 0. The van der Waals surface area contributed by atoms with Crippen LogP contribution in [0.15, 0.2) is 42.6 Å². The minimum absolute atomic E-state index is 0.00577. The number of hydrogen-bond donors (Lipinski definition) is 1. The molecule has 1 aromatic heterocycles. The van der Waals surface area contributed by atoms with Crippen molar-refractivity contribution in [1.29, 1.82) is 0 Å². The number of benzene rings is 1. The molecule has 3 rings (SSSR count). The number of carbonyl (C=O) groups is 2. The number of nitrogens with zero attached hydrogens (tertiary/aromatic N) is 2. The van der Waals surface area contributed by atoms with E-state index >= 15 is 0 Å². The van der Waals surface area contributed by atoms with E-state index in [-0.39, 0.29) is 11.6 Å². The van der Waals surface area contributed by atoms with Crippen LogP contribution in [0.4, 0.5) is 0 Å². The van der Waals surface area contributed by atoms with Gasteiger partial charge >= 0.3 is 5.97 Å². The highest BCUT2D eigenvalue weighted by molar-refractivity contribution is 5.96. The van der Waals surface area contributed by atoms with Gasteiger partial charge < -0.3 is 10.0 Å². The van der Waals surface area contributed by atoms with Crippen LogP contribution in [0.1, 0.15) is 33.7 Å². The lowest BCUT2D eigenvalue weighted by atomic mass is 10.0. The monoisotopic (exact) mass is 296 g/mol. The van der Waals surface area contributed by atoms with Crippen molar-refractivity contribution in [2.24, 2.45) is 0 Å². The summed E-state index contributed by atoms with van der Waals surface area (Å²) in [5.74, 6) is -1.03. The highest BCUT2D eigenvalue weighted by Crippen LogP contribution is 2.22. The lowest BCUT2D eigenvalue weighted by Crippen LogP contribution is -2.27. The summed E-state index contributed by atoms with van der Waals surface area (Å²) in [7, 11) is 0. The van der Waals surface area contributed by atoms with Gasteiger partial charge in [-0.15, -0.1) is 0 Å². The van der Waals surface area contributed by atoms with Crippen LogP contribution in [0.2, 0.25) is 0 Å². The third-order valence-corrected chi connectivity index (χ3v) is 3.82. The van der Waals surface area contributed by atoms with Gasteiger partial charge in [-0.2, -0.15) is 0 Å². The second-order valence-corrected chi connectivity index (χ2v) is 5.32. The lowest BCUT2D eigenvalue weighted by Gasteiger charge is -2.15. The number of pyridine rings is 1. The zero-order chi connectivity index (χ0) is 15.5. The maximum atomic E-state index is 12.4. The number of rotatable bonds is 3. The molecule has 0 saturated carbocycles. The molecule has 2 heterocycles. The molecule has 112 valence electrons. The molecule has 0 bridgehead atoms. The number of aromatic nitrogens is 1. The molecule has 1 saturated heterocycles. The molecule has 1 aromatic carbocycles. The van der Waals surface area contributed by atoms with Gasteiger partial charge in [0.05, 0.1) is 0 Å². The molecule has 0 unspecified atom stereocenters. The number of carboxylic acid groups (broad SMARTS) is 1. The average molecular weight is 296 g/mol. The molecule has 0 aliphatic carbocycles. The van der Waals surface area contributed by atoms with E-state index in [9.17, 15) is 9.59 Å². The van der Waals surface area contributed by atoms with Gasteiger partial charge in [0.1, 0.15) is 5.69 Å². The SMILES string of the molecule is O=C(O)c1cc(-c2cccc(C(=O)N3CCCC3)c2)ccn1. The van der Waals surface area contributed by atoms with Crippen LogP contribution in [0.25, 0.3) is 11.1 Å². The van der Waals surface area contributed by atoms with Gasteiger partial charge in [0.15, 0.2) is 0 Å². The molecule has 1 N–H and O–H groups in total. The minimum atomic E-state index is -1.06. The summed E-state index contributed by atoms with van der Waals surface area (Å²) in [4.78, 5) is 29.1. The first-order valence-corrected chi connectivity index (χ1v) is 7.24. The fourth-order valence-corrected chi connectivity index (χ4v) is 2.66. The Labute approximate surface area is 128 Å². The highest BCUT2D eigenvalue weighted by Gasteiger charge is 2.19. The number of carboxylic acids is 1. The lowest BCUT2D eigenvalue weighted by molar-refractivity contribution is 0.0689. The molecule has 2 aromatic rings. The third kappa shape index (κ3) is 2.83. The Morgan fingerprint density at radius 3 is 2.50 bits per heavy atom. The second-order valence-electron chi connectivity index (χ2n) is 5.32. The molecule has 0 radical (unpaired) electrons. The molecule has 5 nitrogen and oxygen atoms in total. The average Bonchev–Trinajstić information content (AvgIpc) is 3.09. The molecule has 1 fully saturated rings. The largest absolute Gasteiger partial charge is 0.477 e. The predicted molar refractivity (Wildman–Crippen MR) is 81.8 cm³/mol. The minimum Gasteiger partial charge on any atom is -0.477 e. The van der Waals surface area contributed by atoms with E-state index in [1.54, 1.807) is 12.1 Å². The van der Waals surface area contributed by atoms with Crippen molar-refractivity contribution in [2.45, 2.75) is 12.8 Å². The van der Waals surface area contributed by atoms with E-state index in [2.05, 4.69) is 4.98 Å². The van der Waals surface area contributed by atoms with Gasteiger partial charge in [-0.1, -0.05) is 12.1 Å². The van der Waals surface area contributed by atoms with E-state index in [0.717, 1.165) is 37.1 Å². The Morgan fingerprint density at radius 2 is 1.77 bits per heavy atom. The quantitative estimate of drug-likeness (QED) is 0.945. The Kier molecular flexibility index (Phi) is 3.87. The van der Waals surface area contributed by atoms with Gasteiger partial charge in [-0.3, -0.25) is 4.79 Å². The summed E-state index contributed by atoms with van der Waals surface area (Å²) in [6.07, 6.45) is 3.57. The first-order valence-electron chi connectivity index (χ1n) is 7.24. The summed E-state index contributed by atoms with van der Waals surface area (Å²) >= 11 is 0. The zero-order valence-corrected chi connectivity index (χ0v) is 12.0. The van der Waals surface area contributed by atoms with Gasteiger partial charge in [0.25, 0.3) is 5.91 Å². The molecule has 22 heavy (non-hydrogen) atoms. The molecule has 0 spiro atoms. The van der Waals surface area contributed by atoms with Crippen molar-refractivity contribution >= 4 is 11.9 Å². The Balaban J connectivity index is 1.92. The molecular weight excluding hydrogens is 280 g/mol. The van der Waals surface area contributed by atoms with Crippen LogP contribution < -0.4 is 0 Å². The highest BCUT2D eigenvalue weighted by atomic mass is 16.4. The maximum Gasteiger partial charge on any atom is 0.354 e.